The van der Waals surface area contributed by atoms with Crippen molar-refractivity contribution in [3.8, 4) is 0 Å². The van der Waals surface area contributed by atoms with Crippen molar-refractivity contribution in [1.82, 2.24) is 4.98 Å². The molecule has 6 heteroatoms. The minimum Gasteiger partial charge on any atom is -0.481 e. The smallest absolute Gasteiger partial charge is 0.307 e. The monoisotopic (exact) mass is 205 g/mol. The van der Waals surface area contributed by atoms with Gasteiger partial charge in [0, 0.05) is 6.20 Å². The Balaban J connectivity index is 3.00. The van der Waals surface area contributed by atoms with E-state index >= 15 is 0 Å². The Labute approximate surface area is 77.2 Å². The van der Waals surface area contributed by atoms with Crippen LogP contribution in [-0.4, -0.2) is 16.1 Å². The SMILES string of the molecule is O=C(O)Cc1cnc(F)c(C(F)F)c1. The van der Waals surface area contributed by atoms with Gasteiger partial charge in [-0.2, -0.15) is 4.39 Å². The van der Waals surface area contributed by atoms with Gasteiger partial charge >= 0.3 is 5.97 Å². The van der Waals surface area contributed by atoms with E-state index < -0.39 is 30.3 Å². The van der Waals surface area contributed by atoms with E-state index in [1.54, 1.807) is 0 Å². The van der Waals surface area contributed by atoms with Gasteiger partial charge in [0.15, 0.2) is 0 Å². The summed E-state index contributed by atoms with van der Waals surface area (Å²) in [5, 5.41) is 8.36. The number of hydrogen-bond acceptors (Lipinski definition) is 2. The maximum absolute atomic E-state index is 12.6. The molecular formula is C8H6F3NO2. The molecule has 0 aliphatic carbocycles. The van der Waals surface area contributed by atoms with Crippen LogP contribution < -0.4 is 0 Å². The molecule has 0 unspecified atom stereocenters. The summed E-state index contributed by atoms with van der Waals surface area (Å²) < 4.78 is 36.9. The number of alkyl halides is 2. The number of carbonyl (C=O) groups is 1. The molecule has 76 valence electrons. The third-order valence-corrected chi connectivity index (χ3v) is 1.51. The van der Waals surface area contributed by atoms with Crippen molar-refractivity contribution in [2.24, 2.45) is 0 Å². The molecule has 0 atom stereocenters. The predicted molar refractivity (Wildman–Crippen MR) is 40.5 cm³/mol. The van der Waals surface area contributed by atoms with Crippen LogP contribution in [0.2, 0.25) is 0 Å². The largest absolute Gasteiger partial charge is 0.481 e. The van der Waals surface area contributed by atoms with Crippen molar-refractivity contribution in [3.63, 3.8) is 0 Å². The van der Waals surface area contributed by atoms with Crippen molar-refractivity contribution < 1.29 is 23.1 Å². The van der Waals surface area contributed by atoms with Crippen LogP contribution in [0.15, 0.2) is 12.3 Å². The normalized spacial score (nSPS) is 10.6. The van der Waals surface area contributed by atoms with Crippen molar-refractivity contribution in [2.45, 2.75) is 12.8 Å². The molecule has 1 heterocycles. The lowest BCUT2D eigenvalue weighted by Gasteiger charge is -2.02. The Kier molecular flexibility index (Phi) is 3.06. The van der Waals surface area contributed by atoms with Crippen molar-refractivity contribution >= 4 is 5.97 Å². The van der Waals surface area contributed by atoms with Gasteiger partial charge in [-0.05, 0) is 11.6 Å². The van der Waals surface area contributed by atoms with Crippen LogP contribution in [-0.2, 0) is 11.2 Å². The minimum atomic E-state index is -2.99. The number of hydrogen-bond donors (Lipinski definition) is 1. The van der Waals surface area contributed by atoms with Crippen molar-refractivity contribution in [2.75, 3.05) is 0 Å². The molecule has 0 bridgehead atoms. The zero-order chi connectivity index (χ0) is 10.7. The van der Waals surface area contributed by atoms with Gasteiger partial charge in [0.05, 0.1) is 12.0 Å². The fourth-order valence-corrected chi connectivity index (χ4v) is 0.935. The molecule has 0 fully saturated rings. The lowest BCUT2D eigenvalue weighted by molar-refractivity contribution is -0.136. The number of nitrogens with zero attached hydrogens (tertiary/aromatic N) is 1. The topological polar surface area (TPSA) is 50.2 Å². The van der Waals surface area contributed by atoms with Gasteiger partial charge in [-0.3, -0.25) is 4.79 Å². The Morgan fingerprint density at radius 1 is 1.57 bits per heavy atom. The summed E-state index contributed by atoms with van der Waals surface area (Å²) in [7, 11) is 0. The Morgan fingerprint density at radius 2 is 2.21 bits per heavy atom. The summed E-state index contributed by atoms with van der Waals surface area (Å²) in [6.45, 7) is 0. The van der Waals surface area contributed by atoms with Crippen LogP contribution in [0.5, 0.6) is 0 Å². The highest BCUT2D eigenvalue weighted by Gasteiger charge is 2.15. The van der Waals surface area contributed by atoms with Gasteiger partial charge in [-0.15, -0.1) is 0 Å². The summed E-state index contributed by atoms with van der Waals surface area (Å²) in [4.78, 5) is 13.3. The van der Waals surface area contributed by atoms with Crippen molar-refractivity contribution in [1.29, 1.82) is 0 Å². The van der Waals surface area contributed by atoms with Crippen LogP contribution in [0.4, 0.5) is 13.2 Å². The number of aliphatic carboxylic acids is 1. The van der Waals surface area contributed by atoms with E-state index in [-0.39, 0.29) is 5.56 Å². The molecule has 14 heavy (non-hydrogen) atoms. The van der Waals surface area contributed by atoms with E-state index in [2.05, 4.69) is 4.98 Å². The van der Waals surface area contributed by atoms with Gasteiger partial charge < -0.3 is 5.11 Å². The molecule has 1 aromatic heterocycles. The molecule has 1 N–H and O–H groups in total. The predicted octanol–water partition coefficient (Wildman–Crippen LogP) is 1.79. The van der Waals surface area contributed by atoms with E-state index in [9.17, 15) is 18.0 Å². The summed E-state index contributed by atoms with van der Waals surface area (Å²) >= 11 is 0. The molecule has 0 saturated carbocycles. The number of aromatic nitrogens is 1. The Hall–Kier alpha value is -1.59. The van der Waals surface area contributed by atoms with E-state index in [4.69, 9.17) is 5.11 Å². The minimum absolute atomic E-state index is 0.0502. The third kappa shape index (κ3) is 2.45. The van der Waals surface area contributed by atoms with E-state index in [1.165, 1.54) is 0 Å². The standard InChI is InChI=1S/C8H6F3NO2/c9-7(10)5-1-4(2-6(13)14)3-12-8(5)11/h1,3,7H,2H2,(H,13,14). The zero-order valence-electron chi connectivity index (χ0n) is 6.88. The molecule has 1 aromatic rings. The molecule has 1 rings (SSSR count). The molecule has 0 amide bonds. The second kappa shape index (κ2) is 4.08. The molecule has 3 nitrogen and oxygen atoms in total. The lowest BCUT2D eigenvalue weighted by atomic mass is 10.1. The third-order valence-electron chi connectivity index (χ3n) is 1.51. The van der Waals surface area contributed by atoms with Crippen LogP contribution in [0.3, 0.4) is 0 Å². The van der Waals surface area contributed by atoms with Crippen LogP contribution in [0.1, 0.15) is 17.6 Å². The Bertz CT molecular complexity index is 354. The fourth-order valence-electron chi connectivity index (χ4n) is 0.935. The lowest BCUT2D eigenvalue weighted by Crippen LogP contribution is -2.03. The fraction of sp³-hybridized carbons (Fsp3) is 0.250. The molecule has 0 aromatic carbocycles. The van der Waals surface area contributed by atoms with Gasteiger partial charge in [0.1, 0.15) is 0 Å². The van der Waals surface area contributed by atoms with Crippen LogP contribution in [0.25, 0.3) is 0 Å². The second-order valence-corrected chi connectivity index (χ2v) is 2.59. The number of carboxylic acids is 1. The second-order valence-electron chi connectivity index (χ2n) is 2.59. The average Bonchev–Trinajstić information content (AvgIpc) is 2.07. The van der Waals surface area contributed by atoms with Gasteiger partial charge in [0.25, 0.3) is 6.43 Å². The molecule has 0 aliphatic heterocycles. The maximum atomic E-state index is 12.6. The summed E-state index contributed by atoms with van der Waals surface area (Å²) in [5.74, 6) is -2.45. The van der Waals surface area contributed by atoms with Gasteiger partial charge in [0.2, 0.25) is 5.95 Å². The number of carboxylic acid groups (broad SMARTS) is 1. The van der Waals surface area contributed by atoms with Crippen LogP contribution >= 0.6 is 0 Å². The van der Waals surface area contributed by atoms with E-state index in [0.717, 1.165) is 12.3 Å². The first kappa shape index (κ1) is 10.5. The number of rotatable bonds is 3. The molecular weight excluding hydrogens is 199 g/mol. The first-order valence-corrected chi connectivity index (χ1v) is 3.65. The first-order valence-electron chi connectivity index (χ1n) is 3.65. The zero-order valence-corrected chi connectivity index (χ0v) is 6.88. The maximum Gasteiger partial charge on any atom is 0.307 e. The van der Waals surface area contributed by atoms with E-state index in [1.807, 2.05) is 0 Å². The highest BCUT2D eigenvalue weighted by atomic mass is 19.3. The van der Waals surface area contributed by atoms with Gasteiger partial charge in [-0.25, -0.2) is 13.8 Å². The highest BCUT2D eigenvalue weighted by Crippen LogP contribution is 2.21. The summed E-state index contributed by atoms with van der Waals surface area (Å²) in [6.07, 6.45) is -2.52. The molecule has 0 saturated heterocycles. The number of pyridine rings is 1. The summed E-state index contributed by atoms with van der Waals surface area (Å²) in [5.41, 5.74) is -0.821. The van der Waals surface area contributed by atoms with Gasteiger partial charge in [-0.1, -0.05) is 0 Å². The first-order chi connectivity index (χ1) is 6.50. The molecule has 0 spiro atoms. The van der Waals surface area contributed by atoms with Crippen molar-refractivity contribution in [3.05, 3.63) is 29.3 Å². The summed E-state index contributed by atoms with van der Waals surface area (Å²) in [6, 6.07) is 0.807. The quantitative estimate of drug-likeness (QED) is 0.765. The molecule has 0 aliphatic rings. The number of halogens is 3. The highest BCUT2D eigenvalue weighted by molar-refractivity contribution is 5.70. The van der Waals surface area contributed by atoms with E-state index in [0.29, 0.717) is 0 Å². The van der Waals surface area contributed by atoms with Crippen LogP contribution in [0, 0.1) is 5.95 Å². The average molecular weight is 205 g/mol. The molecule has 0 radical (unpaired) electrons. The Morgan fingerprint density at radius 3 is 2.71 bits per heavy atom.